The third-order valence-electron chi connectivity index (χ3n) is 0.872. The Morgan fingerprint density at radius 2 is 2.00 bits per heavy atom. The zero-order valence-corrected chi connectivity index (χ0v) is 7.07. The van der Waals surface area contributed by atoms with Gasteiger partial charge in [0, 0.05) is 0 Å². The molecule has 4 nitrogen and oxygen atoms in total. The van der Waals surface area contributed by atoms with E-state index in [-0.39, 0.29) is 5.75 Å². The van der Waals surface area contributed by atoms with Gasteiger partial charge in [0.1, 0.15) is 0 Å². The monoisotopic (exact) mass is 167 g/mol. The van der Waals surface area contributed by atoms with Gasteiger partial charge in [-0.15, -0.1) is 0 Å². The lowest BCUT2D eigenvalue weighted by Crippen LogP contribution is -2.25. The van der Waals surface area contributed by atoms with Crippen LogP contribution in [0.5, 0.6) is 0 Å². The lowest BCUT2D eigenvalue weighted by Gasteiger charge is -2.02. The van der Waals surface area contributed by atoms with Crippen LogP contribution in [-0.2, 0) is 14.9 Å². The van der Waals surface area contributed by atoms with Gasteiger partial charge in [0.2, 0.25) is 10.0 Å². The first-order valence-electron chi connectivity index (χ1n) is 3.23. The molecular weight excluding hydrogens is 154 g/mol. The topological polar surface area (TPSA) is 55.4 Å². The van der Waals surface area contributed by atoms with E-state index in [1.54, 1.807) is 6.92 Å². The van der Waals surface area contributed by atoms with E-state index in [2.05, 4.69) is 4.84 Å². The fourth-order valence-electron chi connectivity index (χ4n) is 0.292. The second-order valence-electron chi connectivity index (χ2n) is 1.84. The molecule has 0 aliphatic carbocycles. The third kappa shape index (κ3) is 4.72. The highest BCUT2D eigenvalue weighted by Crippen LogP contribution is 1.83. The Morgan fingerprint density at radius 3 is 2.40 bits per heavy atom. The Labute approximate surface area is 61.6 Å². The van der Waals surface area contributed by atoms with E-state index in [1.165, 1.54) is 0 Å². The highest BCUT2D eigenvalue weighted by atomic mass is 32.2. The van der Waals surface area contributed by atoms with Crippen LogP contribution in [0.4, 0.5) is 0 Å². The Bertz CT molecular complexity index is 164. The molecule has 0 spiro atoms. The zero-order chi connectivity index (χ0) is 8.04. The number of nitrogens with one attached hydrogen (secondary N) is 1. The molecule has 0 aromatic heterocycles. The van der Waals surface area contributed by atoms with E-state index in [0.29, 0.717) is 6.61 Å². The molecule has 0 aliphatic rings. The van der Waals surface area contributed by atoms with Gasteiger partial charge in [-0.05, 0) is 13.3 Å². The molecule has 5 heteroatoms. The summed E-state index contributed by atoms with van der Waals surface area (Å²) in [5, 5.41) is 0. The zero-order valence-electron chi connectivity index (χ0n) is 6.25. The Balaban J connectivity index is 3.49. The SMILES string of the molecule is CCCONS(=O)(=O)CC. The average Bonchev–Trinajstić information content (AvgIpc) is 1.89. The van der Waals surface area contributed by atoms with E-state index in [9.17, 15) is 8.42 Å². The Morgan fingerprint density at radius 1 is 1.40 bits per heavy atom. The standard InChI is InChI=1S/C5H13NO3S/c1-3-5-9-6-10(7,8)4-2/h6H,3-5H2,1-2H3. The maximum atomic E-state index is 10.6. The van der Waals surface area contributed by atoms with Gasteiger partial charge in [0.25, 0.3) is 0 Å². The smallest absolute Gasteiger partial charge is 0.233 e. The van der Waals surface area contributed by atoms with Crippen LogP contribution < -0.4 is 4.89 Å². The van der Waals surface area contributed by atoms with Gasteiger partial charge in [-0.1, -0.05) is 11.8 Å². The summed E-state index contributed by atoms with van der Waals surface area (Å²) < 4.78 is 21.3. The minimum Gasteiger partial charge on any atom is -0.287 e. The fourth-order valence-corrected chi connectivity index (χ4v) is 0.673. The molecule has 0 radical (unpaired) electrons. The van der Waals surface area contributed by atoms with Crippen molar-refractivity contribution < 1.29 is 13.3 Å². The van der Waals surface area contributed by atoms with Gasteiger partial charge in [0.05, 0.1) is 12.4 Å². The molecule has 0 aromatic rings. The van der Waals surface area contributed by atoms with Gasteiger partial charge in [-0.25, -0.2) is 8.42 Å². The fraction of sp³-hybridized carbons (Fsp3) is 1.00. The first-order chi connectivity index (χ1) is 4.62. The van der Waals surface area contributed by atoms with Crippen molar-refractivity contribution in [3.8, 4) is 0 Å². The molecule has 0 amide bonds. The summed E-state index contributed by atoms with van der Waals surface area (Å²) in [7, 11) is -3.16. The van der Waals surface area contributed by atoms with E-state index in [1.807, 2.05) is 11.8 Å². The number of hydrogen-bond acceptors (Lipinski definition) is 3. The van der Waals surface area contributed by atoms with Crippen LogP contribution in [-0.4, -0.2) is 20.8 Å². The molecule has 0 atom stereocenters. The van der Waals surface area contributed by atoms with E-state index < -0.39 is 10.0 Å². The summed E-state index contributed by atoms with van der Waals surface area (Å²) >= 11 is 0. The molecule has 0 bridgehead atoms. The minimum absolute atomic E-state index is 0.0523. The molecule has 0 saturated heterocycles. The average molecular weight is 167 g/mol. The largest absolute Gasteiger partial charge is 0.287 e. The van der Waals surface area contributed by atoms with Crippen LogP contribution in [0.2, 0.25) is 0 Å². The summed E-state index contributed by atoms with van der Waals surface area (Å²) in [4.78, 5) is 6.58. The first kappa shape index (κ1) is 9.87. The number of sulfonamides is 1. The maximum absolute atomic E-state index is 10.6. The highest BCUT2D eigenvalue weighted by Gasteiger charge is 2.03. The van der Waals surface area contributed by atoms with Crippen LogP contribution in [0.1, 0.15) is 20.3 Å². The molecule has 0 fully saturated rings. The second kappa shape index (κ2) is 4.65. The minimum atomic E-state index is -3.16. The molecule has 0 aliphatic heterocycles. The molecular formula is C5H13NO3S. The summed E-state index contributed by atoms with van der Waals surface area (Å²) in [5.41, 5.74) is 0. The van der Waals surface area contributed by atoms with Crippen molar-refractivity contribution in [2.75, 3.05) is 12.4 Å². The Hall–Kier alpha value is -0.130. The van der Waals surface area contributed by atoms with Gasteiger partial charge in [-0.2, -0.15) is 0 Å². The molecule has 0 saturated carbocycles. The van der Waals surface area contributed by atoms with Crippen LogP contribution in [0, 0.1) is 0 Å². The lowest BCUT2D eigenvalue weighted by atomic mass is 10.5. The molecule has 0 heterocycles. The van der Waals surface area contributed by atoms with Crippen molar-refractivity contribution in [2.24, 2.45) is 0 Å². The molecule has 1 N–H and O–H groups in total. The predicted molar refractivity (Wildman–Crippen MR) is 38.8 cm³/mol. The molecule has 62 valence electrons. The van der Waals surface area contributed by atoms with E-state index in [4.69, 9.17) is 0 Å². The van der Waals surface area contributed by atoms with Crippen molar-refractivity contribution in [1.29, 1.82) is 0 Å². The first-order valence-corrected chi connectivity index (χ1v) is 4.89. The second-order valence-corrected chi connectivity index (χ2v) is 3.81. The van der Waals surface area contributed by atoms with Crippen LogP contribution in [0.25, 0.3) is 0 Å². The molecule has 0 rings (SSSR count). The van der Waals surface area contributed by atoms with Crippen LogP contribution in [0.3, 0.4) is 0 Å². The van der Waals surface area contributed by atoms with Gasteiger partial charge < -0.3 is 0 Å². The number of rotatable bonds is 5. The molecule has 0 aromatic carbocycles. The maximum Gasteiger partial charge on any atom is 0.233 e. The highest BCUT2D eigenvalue weighted by molar-refractivity contribution is 7.89. The van der Waals surface area contributed by atoms with Crippen molar-refractivity contribution in [3.05, 3.63) is 0 Å². The molecule has 10 heavy (non-hydrogen) atoms. The van der Waals surface area contributed by atoms with Crippen molar-refractivity contribution in [1.82, 2.24) is 4.89 Å². The quantitative estimate of drug-likeness (QED) is 0.472. The summed E-state index contributed by atoms with van der Waals surface area (Å²) in [6, 6.07) is 0. The predicted octanol–water partition coefficient (Wildman–Crippen LogP) is 0.267. The number of hydrogen-bond donors (Lipinski definition) is 1. The third-order valence-corrected chi connectivity index (χ3v) is 2.00. The summed E-state index contributed by atoms with van der Waals surface area (Å²) in [5.74, 6) is 0.0523. The summed E-state index contributed by atoms with van der Waals surface area (Å²) in [6.07, 6.45) is 0.798. The van der Waals surface area contributed by atoms with Gasteiger partial charge in [0.15, 0.2) is 0 Å². The van der Waals surface area contributed by atoms with Gasteiger partial charge in [-0.3, -0.25) is 4.84 Å². The van der Waals surface area contributed by atoms with Gasteiger partial charge >= 0.3 is 0 Å². The van der Waals surface area contributed by atoms with Crippen molar-refractivity contribution in [2.45, 2.75) is 20.3 Å². The van der Waals surface area contributed by atoms with E-state index in [0.717, 1.165) is 6.42 Å². The van der Waals surface area contributed by atoms with Crippen LogP contribution in [0.15, 0.2) is 0 Å². The summed E-state index contributed by atoms with van der Waals surface area (Å²) in [6.45, 7) is 3.87. The lowest BCUT2D eigenvalue weighted by molar-refractivity contribution is 0.0939. The van der Waals surface area contributed by atoms with E-state index >= 15 is 0 Å². The van der Waals surface area contributed by atoms with Crippen molar-refractivity contribution in [3.63, 3.8) is 0 Å². The normalized spacial score (nSPS) is 11.8. The molecule has 0 unspecified atom stereocenters. The van der Waals surface area contributed by atoms with Crippen LogP contribution >= 0.6 is 0 Å². The van der Waals surface area contributed by atoms with Crippen molar-refractivity contribution >= 4 is 10.0 Å². The Kier molecular flexibility index (Phi) is 4.59.